The first-order valence-electron chi connectivity index (χ1n) is 5.52. The van der Waals surface area contributed by atoms with E-state index in [9.17, 15) is 4.79 Å². The molecule has 0 saturated carbocycles. The number of benzene rings is 1. The maximum atomic E-state index is 12.1. The Hall–Kier alpha value is -2.81. The van der Waals surface area contributed by atoms with E-state index in [0.717, 1.165) is 0 Å². The summed E-state index contributed by atoms with van der Waals surface area (Å²) >= 11 is 4.79. The summed E-state index contributed by atoms with van der Waals surface area (Å²) in [7, 11) is 0. The number of aromatic nitrogens is 4. The summed E-state index contributed by atoms with van der Waals surface area (Å²) in [5.41, 5.74) is 6.05. The molecule has 0 aliphatic rings. The number of fused-ring (bicyclic) bond motifs is 1. The minimum atomic E-state index is -0.224. The van der Waals surface area contributed by atoms with Crippen LogP contribution in [0, 0.1) is 0 Å². The van der Waals surface area contributed by atoms with Crippen LogP contribution in [-0.2, 0) is 0 Å². The molecular formula is C11H8N6O2S. The molecule has 3 aromatic rings. The highest BCUT2D eigenvalue weighted by molar-refractivity contribution is 7.80. The largest absolute Gasteiger partial charge is 0.450 e. The lowest BCUT2D eigenvalue weighted by atomic mass is 10.2. The second-order valence-corrected chi connectivity index (χ2v) is 4.32. The summed E-state index contributed by atoms with van der Waals surface area (Å²) < 4.78 is 5.66. The van der Waals surface area contributed by atoms with Crippen molar-refractivity contribution < 1.29 is 4.42 Å². The number of nitrogens with two attached hydrogens (primary N) is 1. The summed E-state index contributed by atoms with van der Waals surface area (Å²) in [5, 5.41) is 16.5. The van der Waals surface area contributed by atoms with Gasteiger partial charge in [-0.05, 0) is 29.6 Å². The van der Waals surface area contributed by atoms with E-state index < -0.39 is 0 Å². The topological polar surface area (TPSA) is 123 Å². The second-order valence-electron chi connectivity index (χ2n) is 3.88. The van der Waals surface area contributed by atoms with E-state index in [1.807, 2.05) is 0 Å². The van der Waals surface area contributed by atoms with Crippen LogP contribution in [0.1, 0.15) is 0 Å². The van der Waals surface area contributed by atoms with Crippen LogP contribution in [0.2, 0.25) is 0 Å². The maximum Gasteiger partial charge on any atom is 0.239 e. The number of rotatable bonds is 2. The highest BCUT2D eigenvalue weighted by Gasteiger charge is 2.13. The van der Waals surface area contributed by atoms with Gasteiger partial charge in [-0.2, -0.15) is 5.21 Å². The fraction of sp³-hybridized carbons (Fsp3) is 0. The Morgan fingerprint density at radius 1 is 1.45 bits per heavy atom. The van der Waals surface area contributed by atoms with Gasteiger partial charge in [0, 0.05) is 6.07 Å². The lowest BCUT2D eigenvalue weighted by molar-refractivity contribution is 0.614. The quantitative estimate of drug-likeness (QED) is 0.587. The third-order valence-corrected chi connectivity index (χ3v) is 2.68. The Labute approximate surface area is 117 Å². The van der Waals surface area contributed by atoms with Gasteiger partial charge in [-0.1, -0.05) is 6.07 Å². The molecule has 0 amide bonds. The molecule has 0 bridgehead atoms. The molecule has 4 N–H and O–H groups in total. The van der Waals surface area contributed by atoms with Crippen molar-refractivity contribution in [1.82, 2.24) is 20.6 Å². The number of nitrogens with one attached hydrogen (secondary N) is 2. The van der Waals surface area contributed by atoms with Gasteiger partial charge in [0.25, 0.3) is 0 Å². The SMILES string of the molecule is NC(=S)Nc1cccc2c(=O)cc(-c3nn[nH]n3)oc12. The summed E-state index contributed by atoms with van der Waals surface area (Å²) in [4.78, 5) is 12.1. The number of anilines is 1. The highest BCUT2D eigenvalue weighted by atomic mass is 32.1. The van der Waals surface area contributed by atoms with E-state index in [2.05, 4.69) is 25.9 Å². The molecule has 0 radical (unpaired) electrons. The lowest BCUT2D eigenvalue weighted by Gasteiger charge is -2.07. The van der Waals surface area contributed by atoms with Crippen LogP contribution in [-0.4, -0.2) is 25.7 Å². The van der Waals surface area contributed by atoms with Crippen molar-refractivity contribution in [2.75, 3.05) is 5.32 Å². The number of hydrogen-bond donors (Lipinski definition) is 3. The van der Waals surface area contributed by atoms with E-state index in [-0.39, 0.29) is 22.1 Å². The fourth-order valence-corrected chi connectivity index (χ4v) is 1.89. The Morgan fingerprint density at radius 3 is 3.00 bits per heavy atom. The highest BCUT2D eigenvalue weighted by Crippen LogP contribution is 2.24. The normalized spacial score (nSPS) is 10.6. The van der Waals surface area contributed by atoms with Crippen LogP contribution in [0.15, 0.2) is 33.5 Å². The van der Waals surface area contributed by atoms with E-state index >= 15 is 0 Å². The average molecular weight is 288 g/mol. The molecule has 0 aliphatic heterocycles. The predicted molar refractivity (Wildman–Crippen MR) is 76.1 cm³/mol. The summed E-state index contributed by atoms with van der Waals surface area (Å²) in [6, 6.07) is 6.35. The van der Waals surface area contributed by atoms with Gasteiger partial charge >= 0.3 is 0 Å². The van der Waals surface area contributed by atoms with Gasteiger partial charge in [-0.3, -0.25) is 4.79 Å². The summed E-state index contributed by atoms with van der Waals surface area (Å²) in [6.07, 6.45) is 0. The first-order chi connectivity index (χ1) is 9.65. The average Bonchev–Trinajstić information content (AvgIpc) is 2.93. The third kappa shape index (κ3) is 2.10. The molecule has 100 valence electrons. The molecular weight excluding hydrogens is 280 g/mol. The van der Waals surface area contributed by atoms with Crippen LogP contribution < -0.4 is 16.5 Å². The van der Waals surface area contributed by atoms with Gasteiger partial charge < -0.3 is 15.5 Å². The lowest BCUT2D eigenvalue weighted by Crippen LogP contribution is -2.19. The van der Waals surface area contributed by atoms with Crippen molar-refractivity contribution in [3.05, 3.63) is 34.5 Å². The second kappa shape index (κ2) is 4.70. The summed E-state index contributed by atoms with van der Waals surface area (Å²) in [6.45, 7) is 0. The Balaban J connectivity index is 2.28. The zero-order chi connectivity index (χ0) is 14.1. The van der Waals surface area contributed by atoms with Crippen molar-refractivity contribution in [3.8, 4) is 11.6 Å². The number of hydrogen-bond acceptors (Lipinski definition) is 6. The number of nitrogens with zero attached hydrogens (tertiary/aromatic N) is 3. The minimum absolute atomic E-state index is 0.0742. The van der Waals surface area contributed by atoms with Gasteiger partial charge in [0.15, 0.2) is 21.9 Å². The number of thiocarbonyl (C=S) groups is 1. The maximum absolute atomic E-state index is 12.1. The van der Waals surface area contributed by atoms with Gasteiger partial charge in [0.1, 0.15) is 0 Å². The molecule has 2 heterocycles. The van der Waals surface area contributed by atoms with Crippen LogP contribution in [0.4, 0.5) is 5.69 Å². The summed E-state index contributed by atoms with van der Waals surface area (Å²) in [5.74, 6) is 0.391. The first-order valence-corrected chi connectivity index (χ1v) is 5.93. The molecule has 0 fully saturated rings. The molecule has 0 atom stereocenters. The molecule has 1 aromatic carbocycles. The zero-order valence-electron chi connectivity index (χ0n) is 9.95. The molecule has 3 rings (SSSR count). The molecule has 2 aromatic heterocycles. The zero-order valence-corrected chi connectivity index (χ0v) is 10.8. The van der Waals surface area contributed by atoms with E-state index in [4.69, 9.17) is 22.4 Å². The molecule has 20 heavy (non-hydrogen) atoms. The molecule has 9 heteroatoms. The Kier molecular flexibility index (Phi) is 2.88. The molecule has 0 aliphatic carbocycles. The Morgan fingerprint density at radius 2 is 2.30 bits per heavy atom. The van der Waals surface area contributed by atoms with Crippen molar-refractivity contribution in [2.24, 2.45) is 5.73 Å². The first kappa shape index (κ1) is 12.2. The van der Waals surface area contributed by atoms with E-state index in [0.29, 0.717) is 16.7 Å². The smallest absolute Gasteiger partial charge is 0.239 e. The van der Waals surface area contributed by atoms with Crippen molar-refractivity contribution in [2.45, 2.75) is 0 Å². The Bertz CT molecular complexity index is 842. The molecule has 0 unspecified atom stereocenters. The van der Waals surface area contributed by atoms with Crippen molar-refractivity contribution in [3.63, 3.8) is 0 Å². The molecule has 0 saturated heterocycles. The van der Waals surface area contributed by atoms with Crippen molar-refractivity contribution in [1.29, 1.82) is 0 Å². The third-order valence-electron chi connectivity index (χ3n) is 2.58. The standard InChI is InChI=1S/C11H8N6O2S/c12-11(20)13-6-3-1-2-5-7(18)4-8(19-9(5)6)10-14-16-17-15-10/h1-4H,(H3,12,13,20)(H,14,15,16,17). The minimum Gasteiger partial charge on any atom is -0.450 e. The number of H-pyrrole nitrogens is 1. The van der Waals surface area contributed by atoms with E-state index in [1.54, 1.807) is 18.2 Å². The monoisotopic (exact) mass is 288 g/mol. The van der Waals surface area contributed by atoms with Gasteiger partial charge in [-0.25, -0.2) is 0 Å². The van der Waals surface area contributed by atoms with Crippen LogP contribution in [0.25, 0.3) is 22.6 Å². The van der Waals surface area contributed by atoms with Gasteiger partial charge in [0.05, 0.1) is 11.1 Å². The predicted octanol–water partition coefficient (Wildman–Crippen LogP) is 0.629. The van der Waals surface area contributed by atoms with Crippen LogP contribution in [0.3, 0.4) is 0 Å². The van der Waals surface area contributed by atoms with Crippen LogP contribution >= 0.6 is 12.2 Å². The number of aromatic amines is 1. The molecule has 8 nitrogen and oxygen atoms in total. The van der Waals surface area contributed by atoms with E-state index in [1.165, 1.54) is 6.07 Å². The molecule has 0 spiro atoms. The van der Waals surface area contributed by atoms with Crippen molar-refractivity contribution >= 4 is 34.0 Å². The van der Waals surface area contributed by atoms with Crippen LogP contribution in [0.5, 0.6) is 0 Å². The van der Waals surface area contributed by atoms with Gasteiger partial charge in [-0.15, -0.1) is 10.2 Å². The fourth-order valence-electron chi connectivity index (χ4n) is 1.78. The number of para-hydroxylation sites is 1. The van der Waals surface area contributed by atoms with Gasteiger partial charge in [0.2, 0.25) is 5.82 Å². The number of tetrazole rings is 1.